The van der Waals surface area contributed by atoms with Gasteiger partial charge in [0.2, 0.25) is 0 Å². The first kappa shape index (κ1) is 30.1. The maximum Gasteiger partial charge on any atom is 0.0920 e. The van der Waals surface area contributed by atoms with Crippen LogP contribution in [-0.4, -0.2) is 9.52 Å². The molecule has 39 heavy (non-hydrogen) atoms. The van der Waals surface area contributed by atoms with Crippen LogP contribution in [0.1, 0.15) is 50.3 Å². The quantitative estimate of drug-likeness (QED) is 0.133. The first-order valence-corrected chi connectivity index (χ1v) is 20.8. The van der Waals surface area contributed by atoms with Gasteiger partial charge in [-0.2, -0.15) is 35.5 Å². The Morgan fingerprint density at radius 1 is 0.846 bits per heavy atom. The van der Waals surface area contributed by atoms with Crippen LogP contribution in [0.5, 0.6) is 0 Å². The first-order valence-electron chi connectivity index (χ1n) is 13.5. The van der Waals surface area contributed by atoms with Crippen molar-refractivity contribution in [1.29, 1.82) is 0 Å². The Labute approximate surface area is 255 Å². The second-order valence-electron chi connectivity index (χ2n) is 10.7. The second kappa shape index (κ2) is 14.2. The van der Waals surface area contributed by atoms with E-state index < -0.39 is 20.8 Å². The third-order valence-corrected chi connectivity index (χ3v) is 8.36. The zero-order valence-electron chi connectivity index (χ0n) is 23.3. The molecule has 0 aromatic heterocycles. The number of aryl methyl sites for hydroxylation is 1. The van der Waals surface area contributed by atoms with Crippen LogP contribution in [0.25, 0.3) is 33.0 Å². The maximum atomic E-state index is 4.93. The zero-order valence-corrected chi connectivity index (χ0v) is 28.2. The number of rotatable bonds is 4. The van der Waals surface area contributed by atoms with Crippen LogP contribution in [0.4, 0.5) is 0 Å². The predicted molar refractivity (Wildman–Crippen MR) is 170 cm³/mol. The molecule has 1 aliphatic heterocycles. The third kappa shape index (κ3) is 7.28. The predicted octanol–water partition coefficient (Wildman–Crippen LogP) is 9.35. The van der Waals surface area contributed by atoms with Crippen LogP contribution < -0.4 is 10.4 Å². The topological polar surface area (TPSA) is 0 Å². The van der Waals surface area contributed by atoms with Crippen LogP contribution in [0.2, 0.25) is 0 Å². The van der Waals surface area contributed by atoms with Gasteiger partial charge in [-0.05, 0) is 36.3 Å². The molecule has 0 nitrogen and oxygen atoms in total. The van der Waals surface area contributed by atoms with E-state index in [-0.39, 0.29) is 0 Å². The smallest absolute Gasteiger partial charge is 0.0920 e. The number of hydrogen-bond donors (Lipinski definition) is 0. The molecule has 0 amide bonds. The molecule has 6 rings (SSSR count). The molecule has 0 bridgehead atoms. The molecule has 0 saturated carbocycles. The molecule has 0 N–H and O–H groups in total. The van der Waals surface area contributed by atoms with Gasteiger partial charge in [0, 0.05) is 0 Å². The van der Waals surface area contributed by atoms with E-state index in [9.17, 15) is 0 Å². The van der Waals surface area contributed by atoms with Gasteiger partial charge in [-0.3, -0.25) is 0 Å². The van der Waals surface area contributed by atoms with E-state index in [0.29, 0.717) is 11.8 Å². The van der Waals surface area contributed by atoms with E-state index in [1.165, 1.54) is 60.1 Å². The third-order valence-electron chi connectivity index (χ3n) is 6.99. The summed E-state index contributed by atoms with van der Waals surface area (Å²) in [5.74, 6) is 1.23. The molecule has 196 valence electrons. The van der Waals surface area contributed by atoms with Crippen molar-refractivity contribution in [2.45, 2.75) is 47.0 Å². The molecule has 0 unspecified atom stereocenters. The van der Waals surface area contributed by atoms with Crippen LogP contribution in [0.3, 0.4) is 0 Å². The monoisotopic (exact) mass is 642 g/mol. The van der Waals surface area contributed by atoms with Gasteiger partial charge in [0.25, 0.3) is 0 Å². The van der Waals surface area contributed by atoms with Gasteiger partial charge in [0.05, 0.1) is 9.52 Å². The van der Waals surface area contributed by atoms with E-state index in [1.807, 2.05) is 6.07 Å². The van der Waals surface area contributed by atoms with E-state index in [4.69, 9.17) is 17.0 Å². The Balaban J connectivity index is 0.000000184. The van der Waals surface area contributed by atoms with Gasteiger partial charge >= 0.3 is 37.9 Å². The largest absolute Gasteiger partial charge is 0.184 e. The average Bonchev–Trinajstić information content (AvgIpc) is 3.50. The minimum Gasteiger partial charge on any atom is -0.184 e. The summed E-state index contributed by atoms with van der Waals surface area (Å²) in [5, 5.41) is 5.61. The molecular formula is C35H34Cl2SiZr. The Bertz CT molecular complexity index is 1490. The summed E-state index contributed by atoms with van der Waals surface area (Å²) in [4.78, 5) is 0. The number of hydrogen-bond acceptors (Lipinski definition) is 0. The van der Waals surface area contributed by atoms with Crippen LogP contribution >= 0.6 is 17.0 Å². The summed E-state index contributed by atoms with van der Waals surface area (Å²) >= 11 is -0.826. The normalized spacial score (nSPS) is 11.3. The van der Waals surface area contributed by atoms with Gasteiger partial charge < -0.3 is 0 Å². The SMILES string of the molecule is Cc1ccc2[cH-]c(CC(C)C)cc2c1-c1ccccc1C(C)C.[Cl][Zr+2][Cl].[c-]1cccc2c1[Si]c1ccccc1-2. The Hall–Kier alpha value is -1.83. The van der Waals surface area contributed by atoms with E-state index in [2.05, 4.69) is 126 Å². The number of halogens is 2. The van der Waals surface area contributed by atoms with Gasteiger partial charge in [0.15, 0.2) is 0 Å². The van der Waals surface area contributed by atoms with Crippen LogP contribution in [-0.2, 0) is 27.3 Å². The van der Waals surface area contributed by atoms with Crippen molar-refractivity contribution in [3.8, 4) is 22.3 Å². The van der Waals surface area contributed by atoms with Crippen molar-refractivity contribution in [2.24, 2.45) is 5.92 Å². The summed E-state index contributed by atoms with van der Waals surface area (Å²) in [6.07, 6.45) is 1.15. The number of benzene rings is 4. The van der Waals surface area contributed by atoms with Crippen molar-refractivity contribution in [2.75, 3.05) is 0 Å². The Morgan fingerprint density at radius 3 is 2.23 bits per heavy atom. The molecule has 4 heteroatoms. The molecule has 0 spiro atoms. The molecule has 2 radical (unpaired) electrons. The fourth-order valence-electron chi connectivity index (χ4n) is 5.35. The second-order valence-corrected chi connectivity index (χ2v) is 15.7. The maximum absolute atomic E-state index is 4.93. The fourth-order valence-corrected chi connectivity index (χ4v) is 6.66. The number of fused-ring (bicyclic) bond motifs is 4. The van der Waals surface area contributed by atoms with Gasteiger partial charge in [-0.25, -0.2) is 0 Å². The van der Waals surface area contributed by atoms with Crippen LogP contribution in [0.15, 0.2) is 91.0 Å². The summed E-state index contributed by atoms with van der Waals surface area (Å²) in [6, 6.07) is 36.4. The molecule has 1 heterocycles. The van der Waals surface area contributed by atoms with E-state index >= 15 is 0 Å². The molecule has 0 fully saturated rings. The van der Waals surface area contributed by atoms with Gasteiger partial charge in [-0.15, -0.1) is 40.1 Å². The molecule has 5 aromatic carbocycles. The summed E-state index contributed by atoms with van der Waals surface area (Å²) in [5.41, 5.74) is 9.85. The summed E-state index contributed by atoms with van der Waals surface area (Å²) < 4.78 is 0. The van der Waals surface area contributed by atoms with Gasteiger partial charge in [0.1, 0.15) is 0 Å². The summed E-state index contributed by atoms with van der Waals surface area (Å²) in [7, 11) is 10.7. The van der Waals surface area contributed by atoms with Crippen LogP contribution in [0, 0.1) is 18.9 Å². The fraction of sp³-hybridized carbons (Fsp3) is 0.229. The molecular weight excluding hydrogens is 611 g/mol. The van der Waals surface area contributed by atoms with E-state index in [0.717, 1.165) is 15.9 Å². The zero-order chi connectivity index (χ0) is 27.9. The minimum atomic E-state index is -0.826. The van der Waals surface area contributed by atoms with E-state index in [1.54, 1.807) is 0 Å². The molecule has 0 aliphatic carbocycles. The summed E-state index contributed by atoms with van der Waals surface area (Å²) in [6.45, 7) is 11.4. The van der Waals surface area contributed by atoms with Crippen molar-refractivity contribution < 1.29 is 20.8 Å². The average molecular weight is 645 g/mol. The molecule has 0 atom stereocenters. The van der Waals surface area contributed by atoms with Crippen molar-refractivity contribution >= 4 is 47.7 Å². The molecule has 1 aliphatic rings. The van der Waals surface area contributed by atoms with Crippen molar-refractivity contribution in [3.63, 3.8) is 0 Å². The van der Waals surface area contributed by atoms with Crippen molar-refractivity contribution in [3.05, 3.63) is 114 Å². The first-order chi connectivity index (χ1) is 18.8. The van der Waals surface area contributed by atoms with Crippen molar-refractivity contribution in [1.82, 2.24) is 0 Å². The Kier molecular flexibility index (Phi) is 11.0. The van der Waals surface area contributed by atoms with Gasteiger partial charge in [-0.1, -0.05) is 98.1 Å². The standard InChI is InChI=1S/C23H27.C12H7Si.2ClH.Zr/c1-15(2)12-18-13-19-11-10-17(5)23(22(19)14-18)21-9-7-6-8-20(21)16(3)4;1-3-7-11-9(5-1)10-6-2-4-8-12(10)13-11;;;/h6-11,13-16H,12H2,1-5H3;1-7H;2*1H;/q2*-1;;;+4/p-2. The Morgan fingerprint density at radius 2 is 1.51 bits per heavy atom. The molecule has 5 aromatic rings. The minimum absolute atomic E-state index is 0.533. The molecule has 0 saturated heterocycles.